The average Bonchev–Trinajstić information content (AvgIpc) is 1.65. The minimum atomic E-state index is -1.04. The van der Waals surface area contributed by atoms with Crippen LogP contribution in [0, 0.1) is 12.3 Å². The summed E-state index contributed by atoms with van der Waals surface area (Å²) in [6.07, 6.45) is 3.62. The van der Waals surface area contributed by atoms with Crippen molar-refractivity contribution in [3.05, 3.63) is 0 Å². The molecule has 0 aliphatic heterocycles. The number of methoxy groups -OCH3 is 1. The Bertz CT molecular complexity index is 62.4. The zero-order valence-electron chi connectivity index (χ0n) is 3.51. The van der Waals surface area contributed by atoms with Gasteiger partial charge in [0.25, 0.3) is 0 Å². The van der Waals surface area contributed by atoms with Crippen molar-refractivity contribution in [3.8, 4) is 12.3 Å². The Morgan fingerprint density at radius 3 is 2.50 bits per heavy atom. The van der Waals surface area contributed by atoms with E-state index in [4.69, 9.17) is 5.11 Å². The number of hydrogen-bond donors (Lipinski definition) is 1. The van der Waals surface area contributed by atoms with Crippen molar-refractivity contribution < 1.29 is 9.84 Å². The molecular formula is C4H6O2. The summed E-state index contributed by atoms with van der Waals surface area (Å²) in [6, 6.07) is 0. The molecule has 0 rings (SSSR count). The molecule has 0 aromatic rings. The molecule has 1 N–H and O–H groups in total. The van der Waals surface area contributed by atoms with Crippen LogP contribution in [0.15, 0.2) is 0 Å². The third kappa shape index (κ3) is 1.77. The molecule has 2 nitrogen and oxygen atoms in total. The van der Waals surface area contributed by atoms with Crippen LogP contribution in [0.25, 0.3) is 0 Å². The van der Waals surface area contributed by atoms with Crippen molar-refractivity contribution in [2.75, 3.05) is 7.11 Å². The first-order valence-corrected chi connectivity index (χ1v) is 1.48. The minimum Gasteiger partial charge on any atom is -0.358 e. The van der Waals surface area contributed by atoms with Gasteiger partial charge in [-0.25, -0.2) is 0 Å². The Hall–Kier alpha value is -0.520. The van der Waals surface area contributed by atoms with E-state index in [1.165, 1.54) is 7.11 Å². The van der Waals surface area contributed by atoms with Crippen LogP contribution in [-0.4, -0.2) is 18.5 Å². The van der Waals surface area contributed by atoms with Crippen molar-refractivity contribution in [2.24, 2.45) is 0 Å². The summed E-state index contributed by atoms with van der Waals surface area (Å²) in [4.78, 5) is 0. The van der Waals surface area contributed by atoms with E-state index in [1.807, 2.05) is 5.92 Å². The number of terminal acetylenes is 1. The van der Waals surface area contributed by atoms with E-state index in [2.05, 4.69) is 11.2 Å². The van der Waals surface area contributed by atoms with Crippen molar-refractivity contribution in [1.82, 2.24) is 0 Å². The van der Waals surface area contributed by atoms with E-state index in [-0.39, 0.29) is 0 Å². The van der Waals surface area contributed by atoms with Gasteiger partial charge in [0.05, 0.1) is 0 Å². The third-order valence-electron chi connectivity index (χ3n) is 0.366. The van der Waals surface area contributed by atoms with Crippen LogP contribution in [0.3, 0.4) is 0 Å². The van der Waals surface area contributed by atoms with Gasteiger partial charge < -0.3 is 9.84 Å². The Balaban J connectivity index is 3.04. The number of aliphatic hydroxyl groups excluding tert-OH is 1. The van der Waals surface area contributed by atoms with Gasteiger partial charge in [0.15, 0.2) is 0 Å². The summed E-state index contributed by atoms with van der Waals surface area (Å²) in [5, 5.41) is 8.21. The summed E-state index contributed by atoms with van der Waals surface area (Å²) in [5.74, 6) is 1.95. The maximum absolute atomic E-state index is 8.21. The third-order valence-corrected chi connectivity index (χ3v) is 0.366. The summed E-state index contributed by atoms with van der Waals surface area (Å²) < 4.78 is 4.22. The standard InChI is InChI=1S/C4H6O2/c1-3-4(5)6-2/h1,4-5H,2H3. The molecule has 0 aliphatic carbocycles. The quantitative estimate of drug-likeness (QED) is 0.347. The van der Waals surface area contributed by atoms with Crippen LogP contribution >= 0.6 is 0 Å². The molecule has 0 saturated carbocycles. The second-order valence-electron chi connectivity index (χ2n) is 0.755. The molecule has 0 aromatic heterocycles. The van der Waals surface area contributed by atoms with Crippen molar-refractivity contribution in [1.29, 1.82) is 0 Å². The lowest BCUT2D eigenvalue weighted by molar-refractivity contribution is -0.0279. The van der Waals surface area contributed by atoms with Gasteiger partial charge in [-0.15, -0.1) is 6.42 Å². The highest BCUT2D eigenvalue weighted by Gasteiger charge is 1.86. The van der Waals surface area contributed by atoms with E-state index in [0.29, 0.717) is 0 Å². The molecule has 1 atom stereocenters. The number of aliphatic hydroxyl groups is 1. The second kappa shape index (κ2) is 2.70. The molecule has 0 radical (unpaired) electrons. The smallest absolute Gasteiger partial charge is 0.219 e. The van der Waals surface area contributed by atoms with Crippen molar-refractivity contribution in [2.45, 2.75) is 6.29 Å². The van der Waals surface area contributed by atoms with Crippen LogP contribution in [0.5, 0.6) is 0 Å². The maximum Gasteiger partial charge on any atom is 0.219 e. The maximum atomic E-state index is 8.21. The van der Waals surface area contributed by atoms with E-state index < -0.39 is 6.29 Å². The normalized spacial score (nSPS) is 12.8. The fraction of sp³-hybridized carbons (Fsp3) is 0.500. The molecule has 6 heavy (non-hydrogen) atoms. The van der Waals surface area contributed by atoms with Gasteiger partial charge in [-0.2, -0.15) is 0 Å². The Morgan fingerprint density at radius 2 is 2.50 bits per heavy atom. The first kappa shape index (κ1) is 5.48. The lowest BCUT2D eigenvalue weighted by Crippen LogP contribution is -2.03. The zero-order chi connectivity index (χ0) is 4.99. The summed E-state index contributed by atoms with van der Waals surface area (Å²) >= 11 is 0. The largest absolute Gasteiger partial charge is 0.358 e. The molecular weight excluding hydrogens is 80.0 g/mol. The van der Waals surface area contributed by atoms with Crippen LogP contribution in [-0.2, 0) is 4.74 Å². The Morgan fingerprint density at radius 1 is 2.00 bits per heavy atom. The second-order valence-corrected chi connectivity index (χ2v) is 0.755. The number of rotatable bonds is 1. The molecule has 0 saturated heterocycles. The Labute approximate surface area is 36.7 Å². The molecule has 34 valence electrons. The molecule has 1 unspecified atom stereocenters. The topological polar surface area (TPSA) is 29.5 Å². The van der Waals surface area contributed by atoms with Gasteiger partial charge in [-0.05, 0) is 5.92 Å². The van der Waals surface area contributed by atoms with Gasteiger partial charge >= 0.3 is 0 Å². The monoisotopic (exact) mass is 86.0 g/mol. The van der Waals surface area contributed by atoms with Gasteiger partial charge in [0, 0.05) is 7.11 Å². The summed E-state index contributed by atoms with van der Waals surface area (Å²) in [6.45, 7) is 0. The Kier molecular flexibility index (Phi) is 2.47. The van der Waals surface area contributed by atoms with E-state index in [0.717, 1.165) is 0 Å². The van der Waals surface area contributed by atoms with Gasteiger partial charge in [0.2, 0.25) is 6.29 Å². The summed E-state index contributed by atoms with van der Waals surface area (Å²) in [7, 11) is 1.34. The molecule has 0 amide bonds. The van der Waals surface area contributed by atoms with Crippen molar-refractivity contribution in [3.63, 3.8) is 0 Å². The SMILES string of the molecule is C#CC(O)OC. The average molecular weight is 86.1 g/mol. The molecule has 0 spiro atoms. The predicted octanol–water partition coefficient (Wildman–Crippen LogP) is -0.416. The molecule has 2 heteroatoms. The lowest BCUT2D eigenvalue weighted by Gasteiger charge is -1.93. The van der Waals surface area contributed by atoms with E-state index in [1.54, 1.807) is 0 Å². The van der Waals surface area contributed by atoms with E-state index >= 15 is 0 Å². The fourth-order valence-corrected chi connectivity index (χ4v) is 0.0680. The number of hydrogen-bond acceptors (Lipinski definition) is 2. The van der Waals surface area contributed by atoms with Crippen LogP contribution in [0.1, 0.15) is 0 Å². The van der Waals surface area contributed by atoms with Crippen LogP contribution in [0.2, 0.25) is 0 Å². The first-order valence-electron chi connectivity index (χ1n) is 1.48. The predicted molar refractivity (Wildman–Crippen MR) is 21.8 cm³/mol. The highest BCUT2D eigenvalue weighted by Crippen LogP contribution is 1.73. The van der Waals surface area contributed by atoms with Gasteiger partial charge in [0.1, 0.15) is 0 Å². The minimum absolute atomic E-state index is 1.04. The zero-order valence-corrected chi connectivity index (χ0v) is 3.51. The molecule has 0 bridgehead atoms. The van der Waals surface area contributed by atoms with Gasteiger partial charge in [-0.1, -0.05) is 0 Å². The van der Waals surface area contributed by atoms with Crippen molar-refractivity contribution >= 4 is 0 Å². The summed E-state index contributed by atoms with van der Waals surface area (Å²) in [5.41, 5.74) is 0. The van der Waals surface area contributed by atoms with Crippen LogP contribution < -0.4 is 0 Å². The van der Waals surface area contributed by atoms with E-state index in [9.17, 15) is 0 Å². The molecule has 0 aromatic carbocycles. The fourth-order valence-electron chi connectivity index (χ4n) is 0.0680. The number of ether oxygens (including phenoxy) is 1. The lowest BCUT2D eigenvalue weighted by atomic mass is 10.7. The highest BCUT2D eigenvalue weighted by atomic mass is 16.6. The molecule has 0 heterocycles. The van der Waals surface area contributed by atoms with Crippen LogP contribution in [0.4, 0.5) is 0 Å². The molecule has 0 fully saturated rings. The van der Waals surface area contributed by atoms with Gasteiger partial charge in [-0.3, -0.25) is 0 Å². The highest BCUT2D eigenvalue weighted by molar-refractivity contribution is 4.86. The first-order chi connectivity index (χ1) is 2.81. The molecule has 0 aliphatic rings.